The number of nitrogens with one attached hydrogen (secondary N) is 1. The molecule has 2 heterocycles. The van der Waals surface area contributed by atoms with Gasteiger partial charge in [0.25, 0.3) is 0 Å². The summed E-state index contributed by atoms with van der Waals surface area (Å²) in [5, 5.41) is 3.34. The Morgan fingerprint density at radius 3 is 2.89 bits per heavy atom. The molecule has 1 aliphatic rings. The Bertz CT molecular complexity index is 510. The van der Waals surface area contributed by atoms with Gasteiger partial charge >= 0.3 is 0 Å². The molecule has 2 rings (SSSR count). The molecule has 0 spiro atoms. The summed E-state index contributed by atoms with van der Waals surface area (Å²) in [4.78, 5) is 0. The summed E-state index contributed by atoms with van der Waals surface area (Å²) in [7, 11) is -3.05. The summed E-state index contributed by atoms with van der Waals surface area (Å²) in [5.41, 5.74) is 0. The van der Waals surface area contributed by atoms with E-state index in [2.05, 4.69) is 5.32 Å². The van der Waals surface area contributed by atoms with Crippen LogP contribution in [0.25, 0.3) is 0 Å². The van der Waals surface area contributed by atoms with Crippen molar-refractivity contribution in [2.24, 2.45) is 5.92 Å². The van der Waals surface area contributed by atoms with Crippen molar-refractivity contribution in [1.82, 2.24) is 9.62 Å². The SMILES string of the molecule is Cc1ccc(CNCC2CCCN(S(C)(=O)=O)C2)o1. The van der Waals surface area contributed by atoms with Gasteiger partial charge in [0.1, 0.15) is 11.5 Å². The third-order valence-electron chi connectivity index (χ3n) is 3.48. The Balaban J connectivity index is 1.77. The van der Waals surface area contributed by atoms with Gasteiger partial charge < -0.3 is 9.73 Å². The maximum absolute atomic E-state index is 11.5. The molecular weight excluding hydrogens is 264 g/mol. The van der Waals surface area contributed by atoms with Crippen molar-refractivity contribution in [3.05, 3.63) is 23.7 Å². The normalized spacial score (nSPS) is 21.7. The van der Waals surface area contributed by atoms with Crippen molar-refractivity contribution < 1.29 is 12.8 Å². The average Bonchev–Trinajstić information content (AvgIpc) is 2.74. The minimum Gasteiger partial charge on any atom is -0.465 e. The van der Waals surface area contributed by atoms with Crippen molar-refractivity contribution in [2.75, 3.05) is 25.9 Å². The highest BCUT2D eigenvalue weighted by Gasteiger charge is 2.25. The average molecular weight is 286 g/mol. The Labute approximate surface area is 115 Å². The first-order chi connectivity index (χ1) is 8.95. The number of aryl methyl sites for hydroxylation is 1. The van der Waals surface area contributed by atoms with Crippen LogP contribution in [0.5, 0.6) is 0 Å². The van der Waals surface area contributed by atoms with E-state index < -0.39 is 10.0 Å². The fourth-order valence-corrected chi connectivity index (χ4v) is 3.42. The van der Waals surface area contributed by atoms with Crippen LogP contribution in [-0.2, 0) is 16.6 Å². The van der Waals surface area contributed by atoms with Gasteiger partial charge in [-0.2, -0.15) is 0 Å². The quantitative estimate of drug-likeness (QED) is 0.887. The number of furan rings is 1. The zero-order valence-electron chi connectivity index (χ0n) is 11.6. The molecule has 0 bridgehead atoms. The third-order valence-corrected chi connectivity index (χ3v) is 4.75. The predicted octanol–water partition coefficient (Wildman–Crippen LogP) is 1.35. The van der Waals surface area contributed by atoms with Crippen LogP contribution in [0.1, 0.15) is 24.4 Å². The van der Waals surface area contributed by atoms with E-state index in [-0.39, 0.29) is 0 Å². The lowest BCUT2D eigenvalue weighted by molar-refractivity contribution is 0.259. The van der Waals surface area contributed by atoms with Gasteiger partial charge in [0.05, 0.1) is 12.8 Å². The second-order valence-corrected chi connectivity index (χ2v) is 7.25. The molecule has 108 valence electrons. The molecule has 0 radical (unpaired) electrons. The van der Waals surface area contributed by atoms with E-state index in [1.165, 1.54) is 6.26 Å². The lowest BCUT2D eigenvalue weighted by atomic mass is 10.00. The van der Waals surface area contributed by atoms with Gasteiger partial charge in [0, 0.05) is 13.1 Å². The number of hydrogen-bond acceptors (Lipinski definition) is 4. The lowest BCUT2D eigenvalue weighted by Crippen LogP contribution is -2.42. The first kappa shape index (κ1) is 14.6. The van der Waals surface area contributed by atoms with Gasteiger partial charge in [-0.05, 0) is 44.4 Å². The Hall–Kier alpha value is -0.850. The Morgan fingerprint density at radius 2 is 2.26 bits per heavy atom. The molecule has 1 aromatic rings. The first-order valence-electron chi connectivity index (χ1n) is 6.66. The van der Waals surface area contributed by atoms with E-state index in [0.717, 1.165) is 30.9 Å². The largest absolute Gasteiger partial charge is 0.465 e. The molecule has 1 atom stereocenters. The molecule has 1 fully saturated rings. The minimum atomic E-state index is -3.05. The Morgan fingerprint density at radius 1 is 1.47 bits per heavy atom. The minimum absolute atomic E-state index is 0.388. The van der Waals surface area contributed by atoms with Crippen LogP contribution in [0.3, 0.4) is 0 Å². The highest BCUT2D eigenvalue weighted by atomic mass is 32.2. The zero-order chi connectivity index (χ0) is 13.9. The molecule has 0 aliphatic carbocycles. The summed E-state index contributed by atoms with van der Waals surface area (Å²) < 4.78 is 30.1. The van der Waals surface area contributed by atoms with Crippen molar-refractivity contribution in [2.45, 2.75) is 26.3 Å². The molecule has 1 aromatic heterocycles. The van der Waals surface area contributed by atoms with Gasteiger partial charge in [-0.1, -0.05) is 0 Å². The van der Waals surface area contributed by atoms with Crippen molar-refractivity contribution in [1.29, 1.82) is 0 Å². The van der Waals surface area contributed by atoms with Crippen LogP contribution >= 0.6 is 0 Å². The smallest absolute Gasteiger partial charge is 0.211 e. The zero-order valence-corrected chi connectivity index (χ0v) is 12.4. The Kier molecular flexibility index (Phi) is 4.65. The molecule has 1 N–H and O–H groups in total. The molecule has 1 aliphatic heterocycles. The monoisotopic (exact) mass is 286 g/mol. The third kappa shape index (κ3) is 4.33. The van der Waals surface area contributed by atoms with E-state index in [1.807, 2.05) is 19.1 Å². The maximum Gasteiger partial charge on any atom is 0.211 e. The topological polar surface area (TPSA) is 62.6 Å². The van der Waals surface area contributed by atoms with Gasteiger partial charge in [0.15, 0.2) is 0 Å². The second-order valence-electron chi connectivity index (χ2n) is 5.27. The lowest BCUT2D eigenvalue weighted by Gasteiger charge is -2.30. The molecule has 0 saturated carbocycles. The van der Waals surface area contributed by atoms with Gasteiger partial charge in [-0.15, -0.1) is 0 Å². The molecular formula is C13H22N2O3S. The molecule has 5 nitrogen and oxygen atoms in total. The molecule has 0 amide bonds. The fraction of sp³-hybridized carbons (Fsp3) is 0.692. The summed E-state index contributed by atoms with van der Waals surface area (Å²) in [5.74, 6) is 2.23. The second kappa shape index (κ2) is 6.07. The first-order valence-corrected chi connectivity index (χ1v) is 8.51. The maximum atomic E-state index is 11.5. The van der Waals surface area contributed by atoms with Gasteiger partial charge in [0.2, 0.25) is 10.0 Å². The highest BCUT2D eigenvalue weighted by Crippen LogP contribution is 2.18. The van der Waals surface area contributed by atoms with Crippen LogP contribution in [-0.4, -0.2) is 38.6 Å². The highest BCUT2D eigenvalue weighted by molar-refractivity contribution is 7.88. The number of sulfonamides is 1. The van der Waals surface area contributed by atoms with E-state index in [0.29, 0.717) is 25.6 Å². The van der Waals surface area contributed by atoms with Crippen LogP contribution in [0, 0.1) is 12.8 Å². The molecule has 6 heteroatoms. The van der Waals surface area contributed by atoms with Gasteiger partial charge in [-0.3, -0.25) is 0 Å². The number of hydrogen-bond donors (Lipinski definition) is 1. The van der Waals surface area contributed by atoms with E-state index in [9.17, 15) is 8.42 Å². The standard InChI is InChI=1S/C13H22N2O3S/c1-11-5-6-13(18-11)9-14-8-12-4-3-7-15(10-12)19(2,16)17/h5-6,12,14H,3-4,7-10H2,1-2H3. The number of piperidine rings is 1. The van der Waals surface area contributed by atoms with Gasteiger partial charge in [-0.25, -0.2) is 12.7 Å². The summed E-state index contributed by atoms with van der Waals surface area (Å²) >= 11 is 0. The van der Waals surface area contributed by atoms with Crippen LogP contribution in [0.15, 0.2) is 16.5 Å². The predicted molar refractivity (Wildman–Crippen MR) is 74.3 cm³/mol. The summed E-state index contributed by atoms with van der Waals surface area (Å²) in [6.07, 6.45) is 3.31. The van der Waals surface area contributed by atoms with Crippen LogP contribution in [0.4, 0.5) is 0 Å². The number of nitrogens with zero attached hydrogens (tertiary/aromatic N) is 1. The van der Waals surface area contributed by atoms with E-state index in [4.69, 9.17) is 4.42 Å². The molecule has 1 unspecified atom stereocenters. The fourth-order valence-electron chi connectivity index (χ4n) is 2.47. The molecule has 1 saturated heterocycles. The summed E-state index contributed by atoms with van der Waals surface area (Å²) in [6, 6.07) is 3.91. The number of rotatable bonds is 5. The van der Waals surface area contributed by atoms with Crippen LogP contribution < -0.4 is 5.32 Å². The van der Waals surface area contributed by atoms with Crippen LogP contribution in [0.2, 0.25) is 0 Å². The van der Waals surface area contributed by atoms with Crippen molar-refractivity contribution in [3.8, 4) is 0 Å². The molecule has 19 heavy (non-hydrogen) atoms. The molecule has 0 aromatic carbocycles. The van der Waals surface area contributed by atoms with Crippen molar-refractivity contribution >= 4 is 10.0 Å². The summed E-state index contributed by atoms with van der Waals surface area (Å²) in [6.45, 7) is 4.74. The van der Waals surface area contributed by atoms with Crippen molar-refractivity contribution in [3.63, 3.8) is 0 Å². The van der Waals surface area contributed by atoms with E-state index >= 15 is 0 Å². The van der Waals surface area contributed by atoms with E-state index in [1.54, 1.807) is 4.31 Å².